The van der Waals surface area contributed by atoms with E-state index >= 15 is 0 Å². The van der Waals surface area contributed by atoms with Crippen molar-refractivity contribution in [1.29, 1.82) is 0 Å². The highest BCUT2D eigenvalue weighted by molar-refractivity contribution is 7.99. The Kier molecular flexibility index (Phi) is 5.03. The molecule has 0 fully saturated rings. The molecule has 2 nitrogen and oxygen atoms in total. The summed E-state index contributed by atoms with van der Waals surface area (Å²) in [6.07, 6.45) is 0.999. The summed E-state index contributed by atoms with van der Waals surface area (Å²) in [7, 11) is 0. The molecule has 1 atom stereocenters. The number of carbonyl (C=O) groups is 1. The van der Waals surface area contributed by atoms with Crippen LogP contribution in [0.5, 0.6) is 0 Å². The first-order chi connectivity index (χ1) is 13.4. The lowest BCUT2D eigenvalue weighted by molar-refractivity contribution is -0.118. The first-order valence-corrected chi connectivity index (χ1v) is 10.5. The molecule has 142 valence electrons. The molecule has 0 heterocycles. The minimum atomic E-state index is -0.226. The third-order valence-electron chi connectivity index (χ3n) is 5.23. The maximum atomic E-state index is 13.1. The summed E-state index contributed by atoms with van der Waals surface area (Å²) in [6.45, 7) is 4.07. The predicted molar refractivity (Wildman–Crippen MR) is 117 cm³/mol. The second-order valence-electron chi connectivity index (χ2n) is 8.22. The van der Waals surface area contributed by atoms with Crippen LogP contribution in [0.1, 0.15) is 37.5 Å². The van der Waals surface area contributed by atoms with Gasteiger partial charge in [-0.2, -0.15) is 0 Å². The van der Waals surface area contributed by atoms with Crippen LogP contribution in [0.25, 0.3) is 10.8 Å². The van der Waals surface area contributed by atoms with E-state index in [2.05, 4.69) is 30.3 Å². The number of hydrogen-bond donors (Lipinski definition) is 1. The van der Waals surface area contributed by atoms with Crippen molar-refractivity contribution in [2.75, 3.05) is 0 Å². The lowest BCUT2D eigenvalue weighted by Gasteiger charge is -2.32. The maximum Gasteiger partial charge on any atom is 0.164 e. The molecule has 0 aliphatic heterocycles. The molecular weight excluding hydrogens is 364 g/mol. The Morgan fingerprint density at radius 1 is 0.893 bits per heavy atom. The summed E-state index contributed by atoms with van der Waals surface area (Å²) in [6, 6.07) is 24.6. The number of rotatable bonds is 4. The molecule has 0 saturated heterocycles. The second-order valence-corrected chi connectivity index (χ2v) is 9.40. The molecule has 3 heteroatoms. The molecular formula is C25H24O2S. The van der Waals surface area contributed by atoms with Crippen molar-refractivity contribution >= 4 is 28.3 Å². The van der Waals surface area contributed by atoms with Crippen molar-refractivity contribution in [2.45, 2.75) is 36.8 Å². The Labute approximate surface area is 170 Å². The highest BCUT2D eigenvalue weighted by Crippen LogP contribution is 2.47. The van der Waals surface area contributed by atoms with Crippen molar-refractivity contribution in [3.8, 4) is 0 Å². The van der Waals surface area contributed by atoms with Crippen LogP contribution in [0.4, 0.5) is 0 Å². The fourth-order valence-corrected chi connectivity index (χ4v) is 5.15. The first-order valence-electron chi connectivity index (χ1n) is 9.59. The van der Waals surface area contributed by atoms with Gasteiger partial charge in [-0.3, -0.25) is 4.79 Å². The zero-order chi connectivity index (χ0) is 19.7. The Morgan fingerprint density at radius 2 is 1.57 bits per heavy atom. The number of aliphatic hydroxyl groups is 1. The fraction of sp³-hybridized carbons (Fsp3) is 0.240. The number of allylic oxidation sites excluding steroid dienone is 1. The van der Waals surface area contributed by atoms with Gasteiger partial charge < -0.3 is 5.11 Å². The van der Waals surface area contributed by atoms with Gasteiger partial charge >= 0.3 is 0 Å². The Morgan fingerprint density at radius 3 is 2.29 bits per heavy atom. The van der Waals surface area contributed by atoms with E-state index in [9.17, 15) is 9.90 Å². The number of benzene rings is 3. The molecule has 3 aromatic carbocycles. The zero-order valence-corrected chi connectivity index (χ0v) is 17.0. The van der Waals surface area contributed by atoms with Gasteiger partial charge in [0.15, 0.2) is 5.78 Å². The average Bonchev–Trinajstić information content (AvgIpc) is 2.66. The molecule has 28 heavy (non-hydrogen) atoms. The van der Waals surface area contributed by atoms with E-state index < -0.39 is 0 Å². The number of ketones is 1. The largest absolute Gasteiger partial charge is 0.512 e. The SMILES string of the molecule is CC1(C)CC(=O)C([C@@H](Sc2ccccc2)c2ccc3ccccc3c2)=C(O)C1. The molecule has 0 bridgehead atoms. The molecule has 4 rings (SSSR count). The molecule has 0 aromatic heterocycles. The van der Waals surface area contributed by atoms with Crippen LogP contribution < -0.4 is 0 Å². The van der Waals surface area contributed by atoms with Gasteiger partial charge in [0.05, 0.1) is 10.8 Å². The third-order valence-corrected chi connectivity index (χ3v) is 6.52. The van der Waals surface area contributed by atoms with E-state index in [1.807, 2.05) is 56.3 Å². The molecule has 0 amide bonds. The van der Waals surface area contributed by atoms with Crippen LogP contribution >= 0.6 is 11.8 Å². The molecule has 0 saturated carbocycles. The highest BCUT2D eigenvalue weighted by atomic mass is 32.2. The van der Waals surface area contributed by atoms with Gasteiger partial charge in [0.2, 0.25) is 0 Å². The van der Waals surface area contributed by atoms with E-state index in [1.165, 1.54) is 5.39 Å². The van der Waals surface area contributed by atoms with Crippen LogP contribution in [0.3, 0.4) is 0 Å². The summed E-state index contributed by atoms with van der Waals surface area (Å²) in [5.41, 5.74) is 1.40. The number of carbonyl (C=O) groups excluding carboxylic acids is 1. The topological polar surface area (TPSA) is 37.3 Å². The zero-order valence-electron chi connectivity index (χ0n) is 16.2. The Balaban J connectivity index is 1.83. The minimum absolute atomic E-state index is 0.0512. The van der Waals surface area contributed by atoms with Gasteiger partial charge in [0, 0.05) is 17.7 Å². The van der Waals surface area contributed by atoms with Crippen molar-refractivity contribution < 1.29 is 9.90 Å². The third kappa shape index (κ3) is 3.85. The van der Waals surface area contributed by atoms with Crippen LogP contribution in [0.15, 0.2) is 89.0 Å². The quantitative estimate of drug-likeness (QED) is 0.495. The van der Waals surface area contributed by atoms with Crippen LogP contribution in [0, 0.1) is 5.41 Å². The molecule has 3 aromatic rings. The molecule has 0 radical (unpaired) electrons. The van der Waals surface area contributed by atoms with Gasteiger partial charge in [-0.1, -0.05) is 68.4 Å². The van der Waals surface area contributed by atoms with E-state index in [1.54, 1.807) is 11.8 Å². The Hall–Kier alpha value is -2.52. The monoisotopic (exact) mass is 388 g/mol. The van der Waals surface area contributed by atoms with Crippen LogP contribution in [-0.2, 0) is 4.79 Å². The van der Waals surface area contributed by atoms with E-state index in [-0.39, 0.29) is 22.2 Å². The summed E-state index contributed by atoms with van der Waals surface area (Å²) in [5, 5.41) is 12.9. The van der Waals surface area contributed by atoms with Gasteiger partial charge in [0.1, 0.15) is 5.76 Å². The number of aliphatic hydroxyl groups excluding tert-OH is 1. The predicted octanol–water partition coefficient (Wildman–Crippen LogP) is 6.87. The standard InChI is InChI=1S/C25H24O2S/c1-25(2)15-21(26)23(22(27)16-25)24(28-20-10-4-3-5-11-20)19-13-12-17-8-6-7-9-18(17)14-19/h3-14,24,26H,15-16H2,1-2H3/t24-/m0/s1. The first kappa shape index (κ1) is 18.8. The maximum absolute atomic E-state index is 13.1. The molecule has 1 aliphatic rings. The molecule has 1 aliphatic carbocycles. The second kappa shape index (κ2) is 7.48. The summed E-state index contributed by atoms with van der Waals surface area (Å²) in [5.74, 6) is 0.290. The number of Topliss-reactive ketones (excluding diaryl/α,β-unsaturated/α-hetero) is 1. The van der Waals surface area contributed by atoms with Gasteiger partial charge in [0.25, 0.3) is 0 Å². The van der Waals surface area contributed by atoms with Crippen molar-refractivity contribution in [3.63, 3.8) is 0 Å². The van der Waals surface area contributed by atoms with Crippen molar-refractivity contribution in [1.82, 2.24) is 0 Å². The van der Waals surface area contributed by atoms with Crippen LogP contribution in [-0.4, -0.2) is 10.9 Å². The molecule has 0 spiro atoms. The minimum Gasteiger partial charge on any atom is -0.512 e. The lowest BCUT2D eigenvalue weighted by Crippen LogP contribution is -2.27. The summed E-state index contributed by atoms with van der Waals surface area (Å²) < 4.78 is 0. The van der Waals surface area contributed by atoms with Gasteiger partial charge in [-0.25, -0.2) is 0 Å². The van der Waals surface area contributed by atoms with E-state index in [0.29, 0.717) is 18.4 Å². The van der Waals surface area contributed by atoms with Gasteiger partial charge in [-0.05, 0) is 39.9 Å². The molecule has 1 N–H and O–H groups in total. The van der Waals surface area contributed by atoms with Crippen molar-refractivity contribution in [2.24, 2.45) is 5.41 Å². The summed E-state index contributed by atoms with van der Waals surface area (Å²) >= 11 is 1.63. The van der Waals surface area contributed by atoms with Gasteiger partial charge in [-0.15, -0.1) is 11.8 Å². The fourth-order valence-electron chi connectivity index (χ4n) is 3.90. The lowest BCUT2D eigenvalue weighted by atomic mass is 9.75. The number of hydrogen-bond acceptors (Lipinski definition) is 3. The Bertz CT molecular complexity index is 1050. The number of fused-ring (bicyclic) bond motifs is 1. The smallest absolute Gasteiger partial charge is 0.164 e. The summed E-state index contributed by atoms with van der Waals surface area (Å²) in [4.78, 5) is 14.1. The van der Waals surface area contributed by atoms with E-state index in [4.69, 9.17) is 0 Å². The normalized spacial score (nSPS) is 17.7. The van der Waals surface area contributed by atoms with Crippen molar-refractivity contribution in [3.05, 3.63) is 89.7 Å². The average molecular weight is 389 g/mol. The number of thioether (sulfide) groups is 1. The highest BCUT2D eigenvalue weighted by Gasteiger charge is 2.37. The van der Waals surface area contributed by atoms with E-state index in [0.717, 1.165) is 15.8 Å². The molecule has 0 unspecified atom stereocenters. The van der Waals surface area contributed by atoms with Crippen LogP contribution in [0.2, 0.25) is 0 Å².